The molecule has 0 spiro atoms. The molecule has 0 aromatic heterocycles. The van der Waals surface area contributed by atoms with Gasteiger partial charge < -0.3 is 15.4 Å². The molecule has 0 aliphatic heterocycles. The van der Waals surface area contributed by atoms with E-state index in [4.69, 9.17) is 4.74 Å². The van der Waals surface area contributed by atoms with Crippen LogP contribution in [0.15, 0.2) is 24.3 Å². The fraction of sp³-hybridized carbons (Fsp3) is 0.273. The summed E-state index contributed by atoms with van der Waals surface area (Å²) in [5.74, 6) is 0.765. The molecule has 0 saturated carbocycles. The molecule has 15 heavy (non-hydrogen) atoms. The zero-order valence-corrected chi connectivity index (χ0v) is 8.91. The van der Waals surface area contributed by atoms with Crippen LogP contribution in [0.4, 0.5) is 4.79 Å². The van der Waals surface area contributed by atoms with Gasteiger partial charge in [0.1, 0.15) is 5.75 Å². The van der Waals surface area contributed by atoms with Crippen molar-refractivity contribution in [3.05, 3.63) is 36.4 Å². The Kier molecular flexibility index (Phi) is 4.47. The molecule has 2 amide bonds. The van der Waals surface area contributed by atoms with E-state index in [1.165, 1.54) is 0 Å². The Bertz CT molecular complexity index is 326. The molecule has 81 valence electrons. The Morgan fingerprint density at radius 1 is 1.53 bits per heavy atom. The van der Waals surface area contributed by atoms with E-state index in [9.17, 15) is 4.79 Å². The molecule has 1 radical (unpaired) electrons. The lowest BCUT2D eigenvalue weighted by atomic mass is 10.2. The summed E-state index contributed by atoms with van der Waals surface area (Å²) in [7, 11) is 1.61. The second-order valence-corrected chi connectivity index (χ2v) is 2.92. The molecule has 0 heterocycles. The van der Waals surface area contributed by atoms with Crippen molar-refractivity contribution < 1.29 is 9.53 Å². The molecule has 0 unspecified atom stereocenters. The van der Waals surface area contributed by atoms with Gasteiger partial charge in [-0.1, -0.05) is 12.1 Å². The number of rotatable bonds is 4. The summed E-state index contributed by atoms with van der Waals surface area (Å²) in [6.45, 7) is 4.11. The highest BCUT2D eigenvalue weighted by Gasteiger charge is 1.99. The number of nitrogens with one attached hydrogen (secondary N) is 2. The molecule has 4 heteroatoms. The van der Waals surface area contributed by atoms with Crippen molar-refractivity contribution in [2.75, 3.05) is 13.7 Å². The van der Waals surface area contributed by atoms with Crippen LogP contribution in [0.25, 0.3) is 0 Å². The van der Waals surface area contributed by atoms with Crippen LogP contribution in [0.1, 0.15) is 12.5 Å². The molecular weight excluding hydrogens is 192 g/mol. The summed E-state index contributed by atoms with van der Waals surface area (Å²) >= 11 is 0. The van der Waals surface area contributed by atoms with E-state index in [0.717, 1.165) is 11.3 Å². The summed E-state index contributed by atoms with van der Waals surface area (Å²) in [6, 6.07) is 7.23. The van der Waals surface area contributed by atoms with Crippen LogP contribution in [0.2, 0.25) is 0 Å². The first-order valence-electron chi connectivity index (χ1n) is 4.78. The Morgan fingerprint density at radius 3 is 3.00 bits per heavy atom. The molecule has 0 fully saturated rings. The lowest BCUT2D eigenvalue weighted by Crippen LogP contribution is -2.33. The largest absolute Gasteiger partial charge is 0.497 e. The third-order valence-corrected chi connectivity index (χ3v) is 1.80. The van der Waals surface area contributed by atoms with Gasteiger partial charge in [0.2, 0.25) is 0 Å². The predicted molar refractivity (Wildman–Crippen MR) is 58.6 cm³/mol. The summed E-state index contributed by atoms with van der Waals surface area (Å²) in [4.78, 5) is 11.1. The zero-order chi connectivity index (χ0) is 11.1. The molecular formula is C11H15N2O2. The maximum absolute atomic E-state index is 11.1. The van der Waals surface area contributed by atoms with Crippen LogP contribution in [-0.4, -0.2) is 19.7 Å². The topological polar surface area (TPSA) is 50.4 Å². The third-order valence-electron chi connectivity index (χ3n) is 1.80. The number of hydrogen-bond donors (Lipinski definition) is 2. The first-order chi connectivity index (χ1) is 7.26. The van der Waals surface area contributed by atoms with Gasteiger partial charge in [0.15, 0.2) is 0 Å². The highest BCUT2D eigenvalue weighted by Crippen LogP contribution is 2.12. The quantitative estimate of drug-likeness (QED) is 0.786. The maximum Gasteiger partial charge on any atom is 0.315 e. The molecule has 0 aliphatic rings. The van der Waals surface area contributed by atoms with Gasteiger partial charge in [-0.3, -0.25) is 0 Å². The van der Waals surface area contributed by atoms with Gasteiger partial charge >= 0.3 is 6.03 Å². The Balaban J connectivity index is 2.46. The van der Waals surface area contributed by atoms with Crippen molar-refractivity contribution in [2.45, 2.75) is 6.92 Å². The average molecular weight is 207 g/mol. The molecule has 1 aromatic rings. The van der Waals surface area contributed by atoms with E-state index >= 15 is 0 Å². The first kappa shape index (κ1) is 11.4. The molecule has 1 rings (SSSR count). The van der Waals surface area contributed by atoms with Crippen molar-refractivity contribution in [1.82, 2.24) is 10.6 Å². The molecule has 0 bridgehead atoms. The number of methoxy groups -OCH3 is 1. The lowest BCUT2D eigenvalue weighted by Gasteiger charge is -2.06. The number of carbonyl (C=O) groups excluding carboxylic acids is 1. The van der Waals surface area contributed by atoms with Crippen LogP contribution in [0, 0.1) is 6.54 Å². The molecule has 0 saturated heterocycles. The normalized spacial score (nSPS) is 9.47. The molecule has 0 aliphatic carbocycles. The lowest BCUT2D eigenvalue weighted by molar-refractivity contribution is 0.244. The minimum absolute atomic E-state index is 0.208. The summed E-state index contributed by atoms with van der Waals surface area (Å²) in [5.41, 5.74) is 0.889. The van der Waals surface area contributed by atoms with E-state index in [2.05, 4.69) is 10.6 Å². The SMILES string of the molecule is CCNC(=O)N[CH]c1cccc(OC)c1. The summed E-state index contributed by atoms with van der Waals surface area (Å²) in [6.07, 6.45) is 0. The number of benzene rings is 1. The van der Waals surface area contributed by atoms with Crippen molar-refractivity contribution in [1.29, 1.82) is 0 Å². The Morgan fingerprint density at radius 2 is 2.33 bits per heavy atom. The third kappa shape index (κ3) is 3.89. The minimum Gasteiger partial charge on any atom is -0.497 e. The fourth-order valence-electron chi connectivity index (χ4n) is 1.09. The van der Waals surface area contributed by atoms with Crippen molar-refractivity contribution in [3.8, 4) is 5.75 Å². The van der Waals surface area contributed by atoms with Gasteiger partial charge in [0.05, 0.1) is 13.7 Å². The van der Waals surface area contributed by atoms with E-state index in [-0.39, 0.29) is 6.03 Å². The Labute approximate surface area is 89.6 Å². The second-order valence-electron chi connectivity index (χ2n) is 2.92. The van der Waals surface area contributed by atoms with Crippen LogP contribution < -0.4 is 15.4 Å². The average Bonchev–Trinajstić information content (AvgIpc) is 2.27. The smallest absolute Gasteiger partial charge is 0.315 e. The number of hydrogen-bond acceptors (Lipinski definition) is 2. The second kappa shape index (κ2) is 5.90. The highest BCUT2D eigenvalue weighted by molar-refractivity contribution is 5.75. The number of amides is 2. The molecule has 2 N–H and O–H groups in total. The Hall–Kier alpha value is -1.71. The van der Waals surface area contributed by atoms with E-state index in [0.29, 0.717) is 6.54 Å². The van der Waals surface area contributed by atoms with Crippen molar-refractivity contribution in [3.63, 3.8) is 0 Å². The minimum atomic E-state index is -0.208. The van der Waals surface area contributed by atoms with Gasteiger partial charge in [-0.15, -0.1) is 0 Å². The van der Waals surface area contributed by atoms with Crippen molar-refractivity contribution >= 4 is 6.03 Å². The zero-order valence-electron chi connectivity index (χ0n) is 8.91. The van der Waals surface area contributed by atoms with Crippen LogP contribution >= 0.6 is 0 Å². The monoisotopic (exact) mass is 207 g/mol. The maximum atomic E-state index is 11.1. The predicted octanol–water partition coefficient (Wildman–Crippen LogP) is 1.52. The van der Waals surface area contributed by atoms with Crippen LogP contribution in [0.3, 0.4) is 0 Å². The standard InChI is InChI=1S/C11H15N2O2/c1-3-12-11(14)13-8-9-5-4-6-10(7-9)15-2/h4-8H,3H2,1-2H3,(H2,12,13,14). The molecule has 4 nitrogen and oxygen atoms in total. The van der Waals surface area contributed by atoms with Gasteiger partial charge in [-0.2, -0.15) is 0 Å². The molecule has 1 aromatic carbocycles. The number of ether oxygens (including phenoxy) is 1. The summed E-state index contributed by atoms with van der Waals surface area (Å²) < 4.78 is 5.06. The van der Waals surface area contributed by atoms with Crippen LogP contribution in [0.5, 0.6) is 5.75 Å². The molecule has 0 atom stereocenters. The van der Waals surface area contributed by atoms with Crippen LogP contribution in [-0.2, 0) is 0 Å². The van der Waals surface area contributed by atoms with Gasteiger partial charge in [0.25, 0.3) is 0 Å². The van der Waals surface area contributed by atoms with Crippen molar-refractivity contribution in [2.24, 2.45) is 0 Å². The van der Waals surface area contributed by atoms with Gasteiger partial charge in [-0.05, 0) is 24.6 Å². The van der Waals surface area contributed by atoms with Gasteiger partial charge in [0, 0.05) is 6.54 Å². The van der Waals surface area contributed by atoms with Gasteiger partial charge in [-0.25, -0.2) is 4.79 Å². The van der Waals surface area contributed by atoms with E-state index in [1.54, 1.807) is 13.7 Å². The summed E-state index contributed by atoms with van der Waals surface area (Å²) in [5, 5.41) is 5.25. The first-order valence-corrected chi connectivity index (χ1v) is 4.78. The van der Waals surface area contributed by atoms with E-state index < -0.39 is 0 Å². The highest BCUT2D eigenvalue weighted by atomic mass is 16.5. The number of urea groups is 1. The van der Waals surface area contributed by atoms with E-state index in [1.807, 2.05) is 31.2 Å². The fourth-order valence-corrected chi connectivity index (χ4v) is 1.09. The number of carbonyl (C=O) groups is 1.